The molecule has 1 aromatic rings. The smallest absolute Gasteiger partial charge is 0.160 e. The molecule has 0 fully saturated rings. The molecule has 0 radical (unpaired) electrons. The third kappa shape index (κ3) is 11.1. The van der Waals surface area contributed by atoms with Crippen LogP contribution >= 0.6 is 0 Å². The molecule has 0 aliphatic carbocycles. The van der Waals surface area contributed by atoms with E-state index in [0.29, 0.717) is 25.1 Å². The van der Waals surface area contributed by atoms with Crippen molar-refractivity contribution >= 4 is 12.4 Å². The van der Waals surface area contributed by atoms with Gasteiger partial charge in [-0.2, -0.15) is 0 Å². The molecule has 6 N–H and O–H groups in total. The summed E-state index contributed by atoms with van der Waals surface area (Å²) in [5.74, 6) is 6.64. The molecule has 0 bridgehead atoms. The van der Waals surface area contributed by atoms with E-state index in [4.69, 9.17) is 5.84 Å². The third-order valence-electron chi connectivity index (χ3n) is 6.20. The molecule has 35 heavy (non-hydrogen) atoms. The van der Waals surface area contributed by atoms with E-state index in [2.05, 4.69) is 107 Å². The lowest BCUT2D eigenvalue weighted by atomic mass is 9.47. The molecule has 2 atom stereocenters. The van der Waals surface area contributed by atoms with Crippen LogP contribution in [0, 0.1) is 5.92 Å². The molecule has 1 rings (SSSR count). The first kappa shape index (κ1) is 30.4. The second-order valence-electron chi connectivity index (χ2n) is 10.2. The lowest BCUT2D eigenvalue weighted by Gasteiger charge is -2.31. The van der Waals surface area contributed by atoms with Crippen LogP contribution < -0.4 is 27.2 Å². The molecule has 0 aliphatic rings. The van der Waals surface area contributed by atoms with Crippen LogP contribution in [0.15, 0.2) is 67.2 Å². The highest BCUT2D eigenvalue weighted by Gasteiger charge is 2.22. The number of aryl methyl sites for hydroxylation is 1. The normalized spacial score (nSPS) is 13.1. The van der Waals surface area contributed by atoms with Crippen molar-refractivity contribution in [2.24, 2.45) is 11.8 Å². The minimum Gasteiger partial charge on any atom is -0.392 e. The largest absolute Gasteiger partial charge is 0.392 e. The minimum absolute atomic E-state index is 0.0897. The fraction of sp³-hybridized carbons (Fsp3) is 0.517. The van der Waals surface area contributed by atoms with E-state index in [-0.39, 0.29) is 6.04 Å². The number of benzene rings is 1. The molecule has 6 heteroatoms. The van der Waals surface area contributed by atoms with Crippen molar-refractivity contribution < 1.29 is 0 Å². The molecular weight excluding hydrogens is 429 g/mol. The van der Waals surface area contributed by atoms with Gasteiger partial charge in [0.15, 0.2) is 6.71 Å². The predicted molar refractivity (Wildman–Crippen MR) is 157 cm³/mol. The molecule has 0 heterocycles. The first-order chi connectivity index (χ1) is 16.6. The second-order valence-corrected chi connectivity index (χ2v) is 10.2. The van der Waals surface area contributed by atoms with E-state index in [1.165, 1.54) is 18.4 Å². The Labute approximate surface area is 215 Å². The van der Waals surface area contributed by atoms with Gasteiger partial charge in [0, 0.05) is 23.9 Å². The van der Waals surface area contributed by atoms with Crippen LogP contribution in [-0.4, -0.2) is 25.2 Å². The number of nitrogens with one attached hydrogen (secondary N) is 4. The van der Waals surface area contributed by atoms with E-state index in [1.807, 2.05) is 6.08 Å². The lowest BCUT2D eigenvalue weighted by molar-refractivity contribution is 0.498. The molecule has 0 amide bonds. The van der Waals surface area contributed by atoms with Gasteiger partial charge in [-0.3, -0.25) is 5.84 Å². The Kier molecular flexibility index (Phi) is 14.0. The summed E-state index contributed by atoms with van der Waals surface area (Å²) in [6.07, 6.45) is 7.49. The van der Waals surface area contributed by atoms with Crippen molar-refractivity contribution in [3.8, 4) is 0 Å². The summed E-state index contributed by atoms with van der Waals surface area (Å²) in [5, 5.41) is 10.7. The number of hydrazine groups is 1. The summed E-state index contributed by atoms with van der Waals surface area (Å²) in [7, 11) is 0. The van der Waals surface area contributed by atoms with Gasteiger partial charge in [0.25, 0.3) is 0 Å². The molecule has 1 unspecified atom stereocenters. The summed E-state index contributed by atoms with van der Waals surface area (Å²) in [6, 6.07) is 8.61. The SMILES string of the molecule is C=C(NC[C@H](NC(=C)c1ccc(CCCC)cc1)C(=C)NC(CC(C)C)B(C)C)/C(=C/CC)NN. The molecule has 5 nitrogen and oxygen atoms in total. The Hall–Kier alpha value is -2.60. The Morgan fingerprint density at radius 2 is 1.71 bits per heavy atom. The van der Waals surface area contributed by atoms with Crippen LogP contribution in [0.25, 0.3) is 5.70 Å². The zero-order valence-electron chi connectivity index (χ0n) is 23.1. The molecule has 1 aromatic carbocycles. The van der Waals surface area contributed by atoms with E-state index < -0.39 is 0 Å². The van der Waals surface area contributed by atoms with E-state index in [9.17, 15) is 0 Å². The van der Waals surface area contributed by atoms with Crippen molar-refractivity contribution in [1.82, 2.24) is 21.4 Å². The summed E-state index contributed by atoms with van der Waals surface area (Å²) >= 11 is 0. The molecule has 194 valence electrons. The van der Waals surface area contributed by atoms with Crippen LogP contribution in [0.1, 0.15) is 64.5 Å². The van der Waals surface area contributed by atoms with Gasteiger partial charge in [0.1, 0.15) is 0 Å². The first-order valence-electron chi connectivity index (χ1n) is 13.2. The average Bonchev–Trinajstić information content (AvgIpc) is 2.82. The molecule has 0 saturated heterocycles. The highest BCUT2D eigenvalue weighted by Crippen LogP contribution is 2.16. The molecular formula is C29H50BN5. The van der Waals surface area contributed by atoms with Gasteiger partial charge in [0.2, 0.25) is 0 Å². The standard InChI is InChI=1S/C29H50BN5/c1-10-12-14-25-15-17-26(18-16-25)22(5)33-28(20-32-23(6)27(35-31)13-11-2)24(7)34-29(30(8)9)19-21(3)4/h13,15-18,21,28-29,32-35H,5-7,10-12,14,19-20,31H2,1-4,8-9H3/b27-13-/t28-,29?/m0/s1. The van der Waals surface area contributed by atoms with E-state index in [1.54, 1.807) is 0 Å². The Bertz CT molecular complexity index is 826. The topological polar surface area (TPSA) is 74.1 Å². The quantitative estimate of drug-likeness (QED) is 0.0817. The highest BCUT2D eigenvalue weighted by molar-refractivity contribution is 6.57. The van der Waals surface area contributed by atoms with Crippen LogP contribution in [-0.2, 0) is 6.42 Å². The van der Waals surface area contributed by atoms with Crippen molar-refractivity contribution in [2.75, 3.05) is 6.54 Å². The number of allylic oxidation sites excluding steroid dienone is 1. The van der Waals surface area contributed by atoms with Gasteiger partial charge >= 0.3 is 0 Å². The molecule has 0 aromatic heterocycles. The monoisotopic (exact) mass is 479 g/mol. The van der Waals surface area contributed by atoms with E-state index in [0.717, 1.165) is 47.6 Å². The zero-order valence-corrected chi connectivity index (χ0v) is 23.1. The van der Waals surface area contributed by atoms with Gasteiger partial charge in [-0.05, 0) is 42.7 Å². The Morgan fingerprint density at radius 3 is 2.23 bits per heavy atom. The number of rotatable bonds is 18. The molecule has 0 aliphatic heterocycles. The first-order valence-corrected chi connectivity index (χ1v) is 13.2. The Balaban J connectivity index is 3.02. The van der Waals surface area contributed by atoms with Crippen LogP contribution in [0.5, 0.6) is 0 Å². The fourth-order valence-corrected chi connectivity index (χ4v) is 3.95. The summed E-state index contributed by atoms with van der Waals surface area (Å²) in [6.45, 7) is 27.3. The summed E-state index contributed by atoms with van der Waals surface area (Å²) < 4.78 is 0. The van der Waals surface area contributed by atoms with Crippen LogP contribution in [0.4, 0.5) is 0 Å². The second kappa shape index (κ2) is 16.1. The van der Waals surface area contributed by atoms with Crippen molar-refractivity contribution in [3.05, 3.63) is 78.3 Å². The number of unbranched alkanes of at least 4 members (excludes halogenated alkanes) is 1. The summed E-state index contributed by atoms with van der Waals surface area (Å²) in [4.78, 5) is 0. The van der Waals surface area contributed by atoms with Gasteiger partial charge in [0.05, 0.1) is 17.4 Å². The average molecular weight is 480 g/mol. The molecule has 0 spiro atoms. The van der Waals surface area contributed by atoms with E-state index >= 15 is 0 Å². The Morgan fingerprint density at radius 1 is 1.06 bits per heavy atom. The lowest BCUT2D eigenvalue weighted by Crippen LogP contribution is -2.48. The van der Waals surface area contributed by atoms with Gasteiger partial charge in [-0.1, -0.05) is 97.8 Å². The summed E-state index contributed by atoms with van der Waals surface area (Å²) in [5.41, 5.74) is 8.54. The fourth-order valence-electron chi connectivity index (χ4n) is 3.95. The maximum atomic E-state index is 5.69. The van der Waals surface area contributed by atoms with Crippen molar-refractivity contribution in [2.45, 2.75) is 85.4 Å². The van der Waals surface area contributed by atoms with Crippen molar-refractivity contribution in [3.63, 3.8) is 0 Å². The zero-order chi connectivity index (χ0) is 26.4. The van der Waals surface area contributed by atoms with Crippen LogP contribution in [0.2, 0.25) is 13.6 Å². The van der Waals surface area contributed by atoms with Gasteiger partial charge in [-0.25, -0.2) is 0 Å². The van der Waals surface area contributed by atoms with Gasteiger partial charge < -0.3 is 21.4 Å². The number of nitrogens with two attached hydrogens (primary N) is 1. The third-order valence-corrected chi connectivity index (χ3v) is 6.20. The number of hydrogen-bond donors (Lipinski definition) is 5. The predicted octanol–water partition coefficient (Wildman–Crippen LogP) is 5.63. The van der Waals surface area contributed by atoms with Crippen LogP contribution in [0.3, 0.4) is 0 Å². The minimum atomic E-state index is -0.0897. The molecule has 0 saturated carbocycles. The maximum Gasteiger partial charge on any atom is 0.160 e. The van der Waals surface area contributed by atoms with Crippen molar-refractivity contribution in [1.29, 1.82) is 0 Å². The highest BCUT2D eigenvalue weighted by atomic mass is 15.2. The van der Waals surface area contributed by atoms with Gasteiger partial charge in [-0.15, -0.1) is 0 Å². The number of hydrogen-bond acceptors (Lipinski definition) is 5. The maximum absolute atomic E-state index is 5.69.